The van der Waals surface area contributed by atoms with Crippen LogP contribution in [0.2, 0.25) is 10.0 Å². The molecule has 2 aromatic carbocycles. The van der Waals surface area contributed by atoms with Crippen molar-refractivity contribution >= 4 is 45.9 Å². The summed E-state index contributed by atoms with van der Waals surface area (Å²) in [4.78, 5) is 35.6. The number of nitrogens with one attached hydrogen (secondary N) is 2. The maximum Gasteiger partial charge on any atom is 0.261 e. The van der Waals surface area contributed by atoms with E-state index in [1.807, 2.05) is 24.3 Å². The summed E-state index contributed by atoms with van der Waals surface area (Å²) >= 11 is 12.6. The number of anilines is 2. The highest BCUT2D eigenvalue weighted by atomic mass is 35.5. The average molecular weight is 528 g/mol. The first-order valence-corrected chi connectivity index (χ1v) is 12.4. The minimum Gasteiger partial charge on any atom is -0.492 e. The van der Waals surface area contributed by atoms with Crippen LogP contribution in [0.1, 0.15) is 13.8 Å². The fourth-order valence-electron chi connectivity index (χ4n) is 3.94. The topological polar surface area (TPSA) is 92.2 Å². The lowest BCUT2D eigenvalue weighted by Gasteiger charge is -2.18. The van der Waals surface area contributed by atoms with Gasteiger partial charge in [-0.25, -0.2) is 0 Å². The molecular formula is C26H27Cl2N5O3. The van der Waals surface area contributed by atoms with Gasteiger partial charge in [-0.2, -0.15) is 4.98 Å². The van der Waals surface area contributed by atoms with Gasteiger partial charge in [0, 0.05) is 24.8 Å². The summed E-state index contributed by atoms with van der Waals surface area (Å²) < 4.78 is 7.13. The number of rotatable bonds is 9. The molecule has 0 aliphatic heterocycles. The predicted molar refractivity (Wildman–Crippen MR) is 146 cm³/mol. The van der Waals surface area contributed by atoms with Gasteiger partial charge in [0.15, 0.2) is 5.65 Å². The zero-order chi connectivity index (χ0) is 25.8. The van der Waals surface area contributed by atoms with Crippen LogP contribution in [0.25, 0.3) is 22.2 Å². The lowest BCUT2D eigenvalue weighted by molar-refractivity contribution is 0.223. The van der Waals surface area contributed by atoms with Crippen LogP contribution in [0.3, 0.4) is 0 Å². The monoisotopic (exact) mass is 527 g/mol. The lowest BCUT2D eigenvalue weighted by Crippen LogP contribution is -2.27. The first-order chi connectivity index (χ1) is 17.3. The average Bonchev–Trinajstić information content (AvgIpc) is 2.86. The SMILES string of the molecule is CCN(CC)CCOc1ccc(Nc2nc3c(cc(-c4c(Cl)cccc4Cl)c(=O)n3C)c(=O)[nH]2)cc1. The summed E-state index contributed by atoms with van der Waals surface area (Å²) in [6.45, 7) is 7.68. The Balaban J connectivity index is 1.59. The minimum absolute atomic E-state index is 0.209. The molecule has 0 amide bonds. The van der Waals surface area contributed by atoms with Crippen molar-refractivity contribution in [3.8, 4) is 16.9 Å². The molecule has 0 unspecified atom stereocenters. The van der Waals surface area contributed by atoms with Crippen LogP contribution in [0, 0.1) is 0 Å². The number of fused-ring (bicyclic) bond motifs is 1. The van der Waals surface area contributed by atoms with Gasteiger partial charge in [-0.1, -0.05) is 43.1 Å². The molecule has 0 saturated heterocycles. The van der Waals surface area contributed by atoms with Crippen LogP contribution in [0.5, 0.6) is 5.75 Å². The Hall–Kier alpha value is -3.33. The number of H-pyrrole nitrogens is 1. The number of halogens is 2. The molecular weight excluding hydrogens is 501 g/mol. The number of ether oxygens (including phenoxy) is 1. The largest absolute Gasteiger partial charge is 0.492 e. The van der Waals surface area contributed by atoms with Crippen molar-refractivity contribution in [3.05, 3.63) is 79.3 Å². The van der Waals surface area contributed by atoms with Crippen LogP contribution < -0.4 is 21.2 Å². The molecule has 188 valence electrons. The second-order valence-electron chi connectivity index (χ2n) is 8.20. The summed E-state index contributed by atoms with van der Waals surface area (Å²) in [6.07, 6.45) is 0. The molecule has 4 rings (SSSR count). The molecule has 4 aromatic rings. The van der Waals surface area contributed by atoms with E-state index < -0.39 is 5.56 Å². The van der Waals surface area contributed by atoms with Crippen molar-refractivity contribution in [2.45, 2.75) is 13.8 Å². The normalized spacial score (nSPS) is 11.3. The van der Waals surface area contributed by atoms with E-state index in [0.717, 1.165) is 25.4 Å². The Morgan fingerprint density at radius 2 is 1.72 bits per heavy atom. The molecule has 0 fully saturated rings. The Labute approximate surface area is 218 Å². The molecule has 8 nitrogen and oxygen atoms in total. The fraction of sp³-hybridized carbons (Fsp3) is 0.269. The van der Waals surface area contributed by atoms with Gasteiger partial charge < -0.3 is 15.0 Å². The van der Waals surface area contributed by atoms with Crippen molar-refractivity contribution < 1.29 is 4.74 Å². The van der Waals surface area contributed by atoms with E-state index in [2.05, 4.69) is 34.0 Å². The van der Waals surface area contributed by atoms with Crippen molar-refractivity contribution in [1.82, 2.24) is 19.4 Å². The second kappa shape index (κ2) is 11.2. The molecule has 36 heavy (non-hydrogen) atoms. The van der Waals surface area contributed by atoms with Crippen LogP contribution >= 0.6 is 23.2 Å². The van der Waals surface area contributed by atoms with Gasteiger partial charge in [0.05, 0.1) is 21.0 Å². The highest BCUT2D eigenvalue weighted by Gasteiger charge is 2.17. The Kier molecular flexibility index (Phi) is 7.98. The molecule has 10 heteroatoms. The van der Waals surface area contributed by atoms with Crippen LogP contribution in [-0.2, 0) is 7.05 Å². The van der Waals surface area contributed by atoms with E-state index in [9.17, 15) is 9.59 Å². The standard InChI is InChI=1S/C26H27Cl2N5O3/c1-4-33(5-2)13-14-36-17-11-9-16(10-12-17)29-26-30-23-19(24(34)31-26)15-18(25(35)32(23)3)22-20(27)7-6-8-21(22)28/h6-12,15H,4-5,13-14H2,1-3H3,(H2,29,30,31,34). The van der Waals surface area contributed by atoms with Crippen LogP contribution in [0.4, 0.5) is 11.6 Å². The third kappa shape index (κ3) is 5.41. The molecule has 0 saturated carbocycles. The van der Waals surface area contributed by atoms with Crippen molar-refractivity contribution in [1.29, 1.82) is 0 Å². The number of benzene rings is 2. The lowest BCUT2D eigenvalue weighted by atomic mass is 10.1. The minimum atomic E-state index is -0.404. The Morgan fingerprint density at radius 3 is 2.36 bits per heavy atom. The van der Waals surface area contributed by atoms with E-state index >= 15 is 0 Å². The summed E-state index contributed by atoms with van der Waals surface area (Å²) in [5.74, 6) is 0.960. The molecule has 0 bridgehead atoms. The number of aryl methyl sites for hydroxylation is 1. The summed E-state index contributed by atoms with van der Waals surface area (Å²) in [7, 11) is 1.56. The third-order valence-corrected chi connectivity index (χ3v) is 6.63. The van der Waals surface area contributed by atoms with E-state index in [1.54, 1.807) is 25.2 Å². The van der Waals surface area contributed by atoms with Crippen molar-refractivity contribution in [3.63, 3.8) is 0 Å². The maximum atomic E-state index is 13.1. The molecule has 0 atom stereocenters. The molecule has 0 aliphatic rings. The van der Waals surface area contributed by atoms with Crippen molar-refractivity contribution in [2.24, 2.45) is 7.05 Å². The van der Waals surface area contributed by atoms with Gasteiger partial charge in [-0.05, 0) is 55.6 Å². The van der Waals surface area contributed by atoms with Gasteiger partial charge in [-0.15, -0.1) is 0 Å². The molecule has 2 N–H and O–H groups in total. The van der Waals surface area contributed by atoms with Gasteiger partial charge in [-0.3, -0.25) is 19.1 Å². The maximum absolute atomic E-state index is 13.1. The Morgan fingerprint density at radius 1 is 1.06 bits per heavy atom. The number of hydrogen-bond acceptors (Lipinski definition) is 6. The summed E-state index contributed by atoms with van der Waals surface area (Å²) in [5, 5.41) is 3.96. The van der Waals surface area contributed by atoms with Crippen LogP contribution in [0.15, 0.2) is 58.1 Å². The molecule has 0 radical (unpaired) electrons. The Bertz CT molecular complexity index is 1470. The first kappa shape index (κ1) is 25.8. The molecule has 2 heterocycles. The van der Waals surface area contributed by atoms with E-state index in [-0.39, 0.29) is 28.1 Å². The van der Waals surface area contributed by atoms with Gasteiger partial charge in [0.25, 0.3) is 11.1 Å². The number of aromatic amines is 1. The highest BCUT2D eigenvalue weighted by molar-refractivity contribution is 6.39. The van der Waals surface area contributed by atoms with Gasteiger partial charge in [0.2, 0.25) is 5.95 Å². The summed E-state index contributed by atoms with van der Waals surface area (Å²) in [6, 6.07) is 13.8. The van der Waals surface area contributed by atoms with E-state index in [1.165, 1.54) is 10.6 Å². The highest BCUT2D eigenvalue weighted by Crippen LogP contribution is 2.33. The zero-order valence-corrected chi connectivity index (χ0v) is 21.8. The molecule has 0 spiro atoms. The quantitative estimate of drug-likeness (QED) is 0.316. The van der Waals surface area contributed by atoms with Crippen LogP contribution in [-0.4, -0.2) is 45.7 Å². The predicted octanol–water partition coefficient (Wildman–Crippen LogP) is 5.06. The van der Waals surface area contributed by atoms with Crippen molar-refractivity contribution in [2.75, 3.05) is 31.6 Å². The molecule has 0 aliphatic carbocycles. The number of aromatic nitrogens is 3. The smallest absolute Gasteiger partial charge is 0.261 e. The first-order valence-electron chi connectivity index (χ1n) is 11.6. The van der Waals surface area contributed by atoms with E-state index in [4.69, 9.17) is 27.9 Å². The molecule has 2 aromatic heterocycles. The van der Waals surface area contributed by atoms with E-state index in [0.29, 0.717) is 27.9 Å². The number of nitrogens with zero attached hydrogens (tertiary/aromatic N) is 3. The second-order valence-corrected chi connectivity index (χ2v) is 9.01. The fourth-order valence-corrected chi connectivity index (χ4v) is 4.54. The number of likely N-dealkylation sites (N-methyl/N-ethyl adjacent to an activating group) is 1. The zero-order valence-electron chi connectivity index (χ0n) is 20.3. The number of pyridine rings is 1. The summed E-state index contributed by atoms with van der Waals surface area (Å²) in [5.41, 5.74) is 0.772. The van der Waals surface area contributed by atoms with Gasteiger partial charge in [0.1, 0.15) is 12.4 Å². The van der Waals surface area contributed by atoms with Gasteiger partial charge >= 0.3 is 0 Å². The third-order valence-electron chi connectivity index (χ3n) is 6.00. The number of hydrogen-bond donors (Lipinski definition) is 2.